The first-order valence-electron chi connectivity index (χ1n) is 6.56. The third kappa shape index (κ3) is 5.18. The standard InChI is InChI=1S/C14H22N2O3/c1-3-18-12-6-5-11(9-13(12)19-4-2)7-8-16-14(17)10-15/h5-6,9H,3-4,7-8,10,15H2,1-2H3,(H,16,17). The van der Waals surface area contributed by atoms with E-state index in [1.165, 1.54) is 0 Å². The van der Waals surface area contributed by atoms with Gasteiger partial charge in [-0.3, -0.25) is 4.79 Å². The van der Waals surface area contributed by atoms with Crippen LogP contribution in [0.4, 0.5) is 0 Å². The molecule has 0 spiro atoms. The number of nitrogens with one attached hydrogen (secondary N) is 1. The van der Waals surface area contributed by atoms with Gasteiger partial charge >= 0.3 is 0 Å². The lowest BCUT2D eigenvalue weighted by Gasteiger charge is -2.12. The Bertz CT molecular complexity index is 408. The zero-order valence-corrected chi connectivity index (χ0v) is 11.6. The highest BCUT2D eigenvalue weighted by Gasteiger charge is 2.06. The third-order valence-electron chi connectivity index (χ3n) is 2.53. The van der Waals surface area contributed by atoms with E-state index in [1.807, 2.05) is 32.0 Å². The Balaban J connectivity index is 2.63. The van der Waals surface area contributed by atoms with Crippen molar-refractivity contribution < 1.29 is 14.3 Å². The zero-order valence-electron chi connectivity index (χ0n) is 11.6. The third-order valence-corrected chi connectivity index (χ3v) is 2.53. The molecule has 1 amide bonds. The summed E-state index contributed by atoms with van der Waals surface area (Å²) in [6, 6.07) is 5.82. The van der Waals surface area contributed by atoms with Crippen molar-refractivity contribution in [1.29, 1.82) is 0 Å². The van der Waals surface area contributed by atoms with Gasteiger partial charge in [-0.05, 0) is 38.0 Å². The Kier molecular flexibility index (Phi) is 6.74. The monoisotopic (exact) mass is 266 g/mol. The van der Waals surface area contributed by atoms with Crippen LogP contribution in [0.25, 0.3) is 0 Å². The smallest absolute Gasteiger partial charge is 0.233 e. The first-order chi connectivity index (χ1) is 9.21. The first-order valence-corrected chi connectivity index (χ1v) is 6.56. The summed E-state index contributed by atoms with van der Waals surface area (Å²) >= 11 is 0. The minimum absolute atomic E-state index is 0.0213. The molecule has 0 aliphatic carbocycles. The lowest BCUT2D eigenvalue weighted by atomic mass is 10.1. The number of ether oxygens (including phenoxy) is 2. The predicted octanol–water partition coefficient (Wildman–Crippen LogP) is 1.10. The molecule has 5 nitrogen and oxygen atoms in total. The molecule has 3 N–H and O–H groups in total. The van der Waals surface area contributed by atoms with Gasteiger partial charge in [0.15, 0.2) is 11.5 Å². The van der Waals surface area contributed by atoms with Gasteiger partial charge in [0.25, 0.3) is 0 Å². The highest BCUT2D eigenvalue weighted by molar-refractivity contribution is 5.77. The van der Waals surface area contributed by atoms with E-state index < -0.39 is 0 Å². The average Bonchev–Trinajstić information content (AvgIpc) is 2.42. The maximum atomic E-state index is 11.0. The Labute approximate surface area is 114 Å². The molecule has 19 heavy (non-hydrogen) atoms. The van der Waals surface area contributed by atoms with Gasteiger partial charge in [0, 0.05) is 6.54 Å². The molecule has 0 radical (unpaired) electrons. The Morgan fingerprint density at radius 1 is 1.21 bits per heavy atom. The summed E-state index contributed by atoms with van der Waals surface area (Å²) in [5.74, 6) is 1.35. The maximum absolute atomic E-state index is 11.0. The van der Waals surface area contributed by atoms with E-state index >= 15 is 0 Å². The molecule has 5 heteroatoms. The van der Waals surface area contributed by atoms with Crippen LogP contribution in [0.2, 0.25) is 0 Å². The largest absolute Gasteiger partial charge is 0.490 e. The molecule has 0 aliphatic rings. The topological polar surface area (TPSA) is 73.6 Å². The highest BCUT2D eigenvalue weighted by Crippen LogP contribution is 2.28. The molecule has 0 fully saturated rings. The molecule has 1 aromatic carbocycles. The van der Waals surface area contributed by atoms with Crippen LogP contribution in [-0.2, 0) is 11.2 Å². The van der Waals surface area contributed by atoms with Gasteiger partial charge in [0.1, 0.15) is 0 Å². The quantitative estimate of drug-likeness (QED) is 0.739. The molecule has 0 unspecified atom stereocenters. The summed E-state index contributed by atoms with van der Waals surface area (Å²) in [7, 11) is 0. The van der Waals surface area contributed by atoms with Crippen molar-refractivity contribution in [2.45, 2.75) is 20.3 Å². The summed E-state index contributed by atoms with van der Waals surface area (Å²) in [5.41, 5.74) is 6.31. The second kappa shape index (κ2) is 8.37. The van der Waals surface area contributed by atoms with Gasteiger partial charge < -0.3 is 20.5 Å². The molecule has 0 heterocycles. The molecule has 1 rings (SSSR count). The Morgan fingerprint density at radius 3 is 2.53 bits per heavy atom. The molecule has 106 valence electrons. The fourth-order valence-corrected chi connectivity index (χ4v) is 1.67. The van der Waals surface area contributed by atoms with Crippen LogP contribution in [0.5, 0.6) is 11.5 Å². The van der Waals surface area contributed by atoms with Crippen molar-refractivity contribution in [3.05, 3.63) is 23.8 Å². The summed E-state index contributed by atoms with van der Waals surface area (Å²) < 4.78 is 11.0. The molecular weight excluding hydrogens is 244 g/mol. The molecule has 0 saturated heterocycles. The van der Waals surface area contributed by atoms with E-state index in [0.717, 1.165) is 23.5 Å². The van der Waals surface area contributed by atoms with Crippen LogP contribution in [0.1, 0.15) is 19.4 Å². The SMILES string of the molecule is CCOc1ccc(CCNC(=O)CN)cc1OCC. The van der Waals surface area contributed by atoms with Crippen LogP contribution in [0.15, 0.2) is 18.2 Å². The molecule has 1 aromatic rings. The number of rotatable bonds is 8. The summed E-state index contributed by atoms with van der Waals surface area (Å²) in [6.45, 7) is 5.65. The van der Waals surface area contributed by atoms with Crippen LogP contribution >= 0.6 is 0 Å². The van der Waals surface area contributed by atoms with Crippen molar-refractivity contribution >= 4 is 5.91 Å². The van der Waals surface area contributed by atoms with Crippen LogP contribution < -0.4 is 20.5 Å². The van der Waals surface area contributed by atoms with E-state index in [0.29, 0.717) is 19.8 Å². The van der Waals surface area contributed by atoms with Gasteiger partial charge in [0.2, 0.25) is 5.91 Å². The second-order valence-corrected chi connectivity index (χ2v) is 3.95. The number of benzene rings is 1. The van der Waals surface area contributed by atoms with E-state index in [4.69, 9.17) is 15.2 Å². The highest BCUT2D eigenvalue weighted by atomic mass is 16.5. The fraction of sp³-hybridized carbons (Fsp3) is 0.500. The number of nitrogens with two attached hydrogens (primary N) is 1. The molecule has 0 atom stereocenters. The van der Waals surface area contributed by atoms with Crippen molar-refractivity contribution in [1.82, 2.24) is 5.32 Å². The van der Waals surface area contributed by atoms with E-state index in [9.17, 15) is 4.79 Å². The number of hydrogen-bond acceptors (Lipinski definition) is 4. The number of carbonyl (C=O) groups excluding carboxylic acids is 1. The summed E-state index contributed by atoms with van der Waals surface area (Å²) in [4.78, 5) is 11.0. The average molecular weight is 266 g/mol. The van der Waals surface area contributed by atoms with Gasteiger partial charge in [-0.2, -0.15) is 0 Å². The summed E-state index contributed by atoms with van der Waals surface area (Å²) in [6.07, 6.45) is 0.734. The van der Waals surface area contributed by atoms with Gasteiger partial charge in [-0.1, -0.05) is 6.07 Å². The molecule has 0 aromatic heterocycles. The Morgan fingerprint density at radius 2 is 1.89 bits per heavy atom. The lowest BCUT2D eigenvalue weighted by Crippen LogP contribution is -2.31. The zero-order chi connectivity index (χ0) is 14.1. The molecule has 0 bridgehead atoms. The number of hydrogen-bond donors (Lipinski definition) is 2. The number of carbonyl (C=O) groups is 1. The lowest BCUT2D eigenvalue weighted by molar-refractivity contribution is -0.119. The minimum atomic E-state index is -0.143. The minimum Gasteiger partial charge on any atom is -0.490 e. The maximum Gasteiger partial charge on any atom is 0.233 e. The predicted molar refractivity (Wildman–Crippen MR) is 74.5 cm³/mol. The van der Waals surface area contributed by atoms with Crippen LogP contribution in [0, 0.1) is 0 Å². The van der Waals surface area contributed by atoms with Crippen molar-refractivity contribution in [2.75, 3.05) is 26.3 Å². The molecule has 0 aliphatic heterocycles. The van der Waals surface area contributed by atoms with Crippen molar-refractivity contribution in [3.8, 4) is 11.5 Å². The van der Waals surface area contributed by atoms with Crippen LogP contribution in [-0.4, -0.2) is 32.2 Å². The Hall–Kier alpha value is -1.75. The van der Waals surface area contributed by atoms with Gasteiger partial charge in [-0.25, -0.2) is 0 Å². The van der Waals surface area contributed by atoms with E-state index in [1.54, 1.807) is 0 Å². The van der Waals surface area contributed by atoms with Crippen LogP contribution in [0.3, 0.4) is 0 Å². The fourth-order valence-electron chi connectivity index (χ4n) is 1.67. The van der Waals surface area contributed by atoms with Gasteiger partial charge in [-0.15, -0.1) is 0 Å². The van der Waals surface area contributed by atoms with Crippen molar-refractivity contribution in [2.24, 2.45) is 5.73 Å². The van der Waals surface area contributed by atoms with Crippen molar-refractivity contribution in [3.63, 3.8) is 0 Å². The first kappa shape index (κ1) is 15.3. The summed E-state index contributed by atoms with van der Waals surface area (Å²) in [5, 5.41) is 2.74. The molecular formula is C14H22N2O3. The second-order valence-electron chi connectivity index (χ2n) is 3.95. The van der Waals surface area contributed by atoms with E-state index in [2.05, 4.69) is 5.32 Å². The molecule has 0 saturated carbocycles. The normalized spacial score (nSPS) is 10.1. The number of amides is 1. The van der Waals surface area contributed by atoms with E-state index in [-0.39, 0.29) is 12.5 Å². The van der Waals surface area contributed by atoms with Gasteiger partial charge in [0.05, 0.1) is 19.8 Å².